The van der Waals surface area contributed by atoms with Crippen LogP contribution in [0.3, 0.4) is 0 Å². The second-order valence-electron chi connectivity index (χ2n) is 6.42. The number of carbonyl (C=O) groups excluding carboxylic acids is 3. The first kappa shape index (κ1) is 16.3. The SMILES string of the molecule is O=C(Oc1ccccc1)c1ccc(N2C(=O)[C@H]3CC=CC[C@H]3C2=O)cc1. The van der Waals surface area contributed by atoms with Gasteiger partial charge in [0.25, 0.3) is 0 Å². The molecule has 0 bridgehead atoms. The maximum absolute atomic E-state index is 12.6. The number of esters is 1. The van der Waals surface area contributed by atoms with E-state index in [2.05, 4.69) is 0 Å². The van der Waals surface area contributed by atoms with E-state index in [0.29, 0.717) is 29.8 Å². The minimum absolute atomic E-state index is 0.163. The third-order valence-electron chi connectivity index (χ3n) is 4.82. The van der Waals surface area contributed by atoms with Crippen molar-refractivity contribution < 1.29 is 19.1 Å². The van der Waals surface area contributed by atoms with Gasteiger partial charge in [0.15, 0.2) is 0 Å². The number of rotatable bonds is 3. The maximum Gasteiger partial charge on any atom is 0.343 e. The summed E-state index contributed by atoms with van der Waals surface area (Å²) in [6, 6.07) is 15.2. The third kappa shape index (κ3) is 2.81. The Kier molecular flexibility index (Phi) is 4.13. The highest BCUT2D eigenvalue weighted by Crippen LogP contribution is 2.37. The van der Waals surface area contributed by atoms with Crippen LogP contribution in [0.2, 0.25) is 0 Å². The molecule has 0 spiro atoms. The molecular formula is C21H17NO4. The van der Waals surface area contributed by atoms with Gasteiger partial charge in [-0.25, -0.2) is 4.79 Å². The Morgan fingerprint density at radius 1 is 0.846 bits per heavy atom. The number of carbonyl (C=O) groups is 3. The van der Waals surface area contributed by atoms with E-state index in [1.165, 1.54) is 4.90 Å². The molecule has 26 heavy (non-hydrogen) atoms. The molecule has 1 aliphatic carbocycles. The van der Waals surface area contributed by atoms with Crippen LogP contribution in [0.4, 0.5) is 5.69 Å². The zero-order chi connectivity index (χ0) is 18.1. The van der Waals surface area contributed by atoms with Gasteiger partial charge >= 0.3 is 5.97 Å². The number of fused-ring (bicyclic) bond motifs is 1. The summed E-state index contributed by atoms with van der Waals surface area (Å²) in [7, 11) is 0. The van der Waals surface area contributed by atoms with Crippen molar-refractivity contribution in [2.45, 2.75) is 12.8 Å². The molecule has 2 atom stereocenters. The van der Waals surface area contributed by atoms with E-state index in [4.69, 9.17) is 4.74 Å². The molecule has 1 fully saturated rings. The molecule has 0 radical (unpaired) electrons. The van der Waals surface area contributed by atoms with Gasteiger partial charge in [-0.2, -0.15) is 0 Å². The second-order valence-corrected chi connectivity index (χ2v) is 6.42. The lowest BCUT2D eigenvalue weighted by molar-refractivity contribution is -0.122. The summed E-state index contributed by atoms with van der Waals surface area (Å²) >= 11 is 0. The van der Waals surface area contributed by atoms with Crippen molar-refractivity contribution in [1.82, 2.24) is 0 Å². The topological polar surface area (TPSA) is 63.7 Å². The van der Waals surface area contributed by atoms with Crippen LogP contribution in [0.5, 0.6) is 5.75 Å². The fourth-order valence-electron chi connectivity index (χ4n) is 3.46. The predicted molar refractivity (Wildman–Crippen MR) is 95.7 cm³/mol. The number of benzene rings is 2. The molecule has 2 aromatic rings. The number of allylic oxidation sites excluding steroid dienone is 2. The number of hydrogen-bond donors (Lipinski definition) is 0. The number of amides is 2. The second kappa shape index (κ2) is 6.59. The molecule has 0 unspecified atom stereocenters. The zero-order valence-electron chi connectivity index (χ0n) is 14.0. The number of nitrogens with zero attached hydrogens (tertiary/aromatic N) is 1. The van der Waals surface area contributed by atoms with Crippen LogP contribution in [-0.2, 0) is 9.59 Å². The first-order chi connectivity index (χ1) is 12.6. The molecule has 0 aromatic heterocycles. The van der Waals surface area contributed by atoms with Crippen LogP contribution in [0.25, 0.3) is 0 Å². The average Bonchev–Trinajstić information content (AvgIpc) is 2.94. The summed E-state index contributed by atoms with van der Waals surface area (Å²) in [5.74, 6) is -0.888. The monoisotopic (exact) mass is 347 g/mol. The van der Waals surface area contributed by atoms with Crippen LogP contribution < -0.4 is 9.64 Å². The lowest BCUT2D eigenvalue weighted by Gasteiger charge is -2.15. The van der Waals surface area contributed by atoms with Crippen molar-refractivity contribution in [3.8, 4) is 5.75 Å². The summed E-state index contributed by atoms with van der Waals surface area (Å²) in [5.41, 5.74) is 0.849. The third-order valence-corrected chi connectivity index (χ3v) is 4.82. The molecule has 5 nitrogen and oxygen atoms in total. The summed E-state index contributed by atoms with van der Waals surface area (Å²) < 4.78 is 5.29. The van der Waals surface area contributed by atoms with Gasteiger partial charge in [-0.05, 0) is 49.2 Å². The minimum Gasteiger partial charge on any atom is -0.423 e. The molecule has 4 rings (SSSR count). The van der Waals surface area contributed by atoms with E-state index >= 15 is 0 Å². The van der Waals surface area contributed by atoms with Crippen molar-refractivity contribution >= 4 is 23.5 Å². The number of para-hydroxylation sites is 1. The Labute approximate surface area is 150 Å². The highest BCUT2D eigenvalue weighted by atomic mass is 16.5. The lowest BCUT2D eigenvalue weighted by atomic mass is 9.85. The van der Waals surface area contributed by atoms with Gasteiger partial charge in [0, 0.05) is 0 Å². The molecule has 1 heterocycles. The van der Waals surface area contributed by atoms with E-state index in [-0.39, 0.29) is 23.7 Å². The Hall–Kier alpha value is -3.21. The summed E-state index contributed by atoms with van der Waals surface area (Å²) in [4.78, 5) is 38.6. The zero-order valence-corrected chi connectivity index (χ0v) is 14.0. The number of imide groups is 1. The standard InChI is InChI=1S/C21H17NO4/c23-19-17-8-4-5-9-18(17)20(24)22(19)15-12-10-14(11-13-15)21(25)26-16-6-2-1-3-7-16/h1-7,10-13,17-18H,8-9H2/t17-,18+. The Balaban J connectivity index is 1.52. The minimum atomic E-state index is -0.486. The van der Waals surface area contributed by atoms with Gasteiger partial charge in [-0.1, -0.05) is 30.4 Å². The molecule has 0 N–H and O–H groups in total. The average molecular weight is 347 g/mol. The van der Waals surface area contributed by atoms with Gasteiger partial charge in [0.05, 0.1) is 23.1 Å². The Morgan fingerprint density at radius 2 is 1.42 bits per heavy atom. The molecule has 1 aliphatic heterocycles. The van der Waals surface area contributed by atoms with Gasteiger partial charge in [0.2, 0.25) is 11.8 Å². The molecule has 2 amide bonds. The number of hydrogen-bond acceptors (Lipinski definition) is 4. The van der Waals surface area contributed by atoms with E-state index in [1.54, 1.807) is 48.5 Å². The van der Waals surface area contributed by atoms with Crippen LogP contribution in [0, 0.1) is 11.8 Å². The Morgan fingerprint density at radius 3 is 2.00 bits per heavy atom. The van der Waals surface area contributed by atoms with Gasteiger partial charge in [-0.15, -0.1) is 0 Å². The normalized spacial score (nSPS) is 21.6. The van der Waals surface area contributed by atoms with Crippen molar-refractivity contribution in [3.05, 3.63) is 72.3 Å². The molecule has 130 valence electrons. The summed E-state index contributed by atoms with van der Waals surface area (Å²) in [6.07, 6.45) is 5.12. The highest BCUT2D eigenvalue weighted by molar-refractivity contribution is 6.22. The molecule has 2 aromatic carbocycles. The van der Waals surface area contributed by atoms with Crippen LogP contribution in [0.1, 0.15) is 23.2 Å². The summed E-state index contributed by atoms with van der Waals surface area (Å²) in [5, 5.41) is 0. The van der Waals surface area contributed by atoms with Crippen LogP contribution in [0.15, 0.2) is 66.7 Å². The van der Waals surface area contributed by atoms with Crippen molar-refractivity contribution in [3.63, 3.8) is 0 Å². The first-order valence-corrected chi connectivity index (χ1v) is 8.55. The molecule has 1 saturated heterocycles. The quantitative estimate of drug-likeness (QED) is 0.370. The van der Waals surface area contributed by atoms with Crippen LogP contribution >= 0.6 is 0 Å². The fourth-order valence-corrected chi connectivity index (χ4v) is 3.46. The van der Waals surface area contributed by atoms with Crippen LogP contribution in [-0.4, -0.2) is 17.8 Å². The van der Waals surface area contributed by atoms with Gasteiger partial charge < -0.3 is 4.74 Å². The molecule has 5 heteroatoms. The fraction of sp³-hybridized carbons (Fsp3) is 0.190. The van der Waals surface area contributed by atoms with Crippen molar-refractivity contribution in [2.24, 2.45) is 11.8 Å². The molecule has 0 saturated carbocycles. The Bertz CT molecular complexity index is 860. The number of anilines is 1. The van der Waals surface area contributed by atoms with E-state index < -0.39 is 5.97 Å². The largest absolute Gasteiger partial charge is 0.423 e. The van der Waals surface area contributed by atoms with Crippen molar-refractivity contribution in [2.75, 3.05) is 4.90 Å². The van der Waals surface area contributed by atoms with E-state index in [0.717, 1.165) is 0 Å². The molecular weight excluding hydrogens is 330 g/mol. The highest BCUT2D eigenvalue weighted by Gasteiger charge is 2.47. The molecule has 2 aliphatic rings. The van der Waals surface area contributed by atoms with E-state index in [1.807, 2.05) is 18.2 Å². The maximum atomic E-state index is 12.6. The first-order valence-electron chi connectivity index (χ1n) is 8.55. The van der Waals surface area contributed by atoms with Gasteiger partial charge in [0.1, 0.15) is 5.75 Å². The lowest BCUT2D eigenvalue weighted by Crippen LogP contribution is -2.30. The summed E-state index contributed by atoms with van der Waals surface area (Å²) in [6.45, 7) is 0. The van der Waals surface area contributed by atoms with Crippen molar-refractivity contribution in [1.29, 1.82) is 0 Å². The smallest absolute Gasteiger partial charge is 0.343 e. The predicted octanol–water partition coefficient (Wildman–Crippen LogP) is 3.36. The van der Waals surface area contributed by atoms with E-state index in [9.17, 15) is 14.4 Å². The van der Waals surface area contributed by atoms with Gasteiger partial charge in [-0.3, -0.25) is 14.5 Å². The number of ether oxygens (including phenoxy) is 1.